The fourth-order valence-corrected chi connectivity index (χ4v) is 2.87. The minimum absolute atomic E-state index is 0.129. The second-order valence-electron chi connectivity index (χ2n) is 7.80. The van der Waals surface area contributed by atoms with Crippen LogP contribution in [0.15, 0.2) is 84.9 Å². The van der Waals surface area contributed by atoms with Crippen LogP contribution in [0.1, 0.15) is 49.3 Å². The standard InChI is InChI=1S/C25H28O2/c1-25(2,3)23-16-14-22(15-17-23)24(26-18-20-10-6-4-7-11-20)27-19-21-12-8-5-9-13-21/h4-17,24H,18-19H2,1-3H3. The highest BCUT2D eigenvalue weighted by atomic mass is 16.7. The van der Waals surface area contributed by atoms with Gasteiger partial charge in [-0.15, -0.1) is 0 Å². The zero-order valence-electron chi connectivity index (χ0n) is 16.4. The highest BCUT2D eigenvalue weighted by molar-refractivity contribution is 5.28. The van der Waals surface area contributed by atoms with E-state index in [9.17, 15) is 0 Å². The van der Waals surface area contributed by atoms with Gasteiger partial charge >= 0.3 is 0 Å². The molecule has 3 aromatic carbocycles. The molecule has 0 unspecified atom stereocenters. The fraction of sp³-hybridized carbons (Fsp3) is 0.280. The average molecular weight is 360 g/mol. The van der Waals surface area contributed by atoms with Crippen LogP contribution in [0.4, 0.5) is 0 Å². The summed E-state index contributed by atoms with van der Waals surface area (Å²) >= 11 is 0. The Kier molecular flexibility index (Phi) is 6.44. The SMILES string of the molecule is CC(C)(C)c1ccc(C(OCc2ccccc2)OCc2ccccc2)cc1. The second kappa shape index (κ2) is 8.98. The molecule has 0 N–H and O–H groups in total. The molecule has 0 aliphatic carbocycles. The highest BCUT2D eigenvalue weighted by Gasteiger charge is 2.17. The van der Waals surface area contributed by atoms with E-state index in [2.05, 4.69) is 69.3 Å². The summed E-state index contributed by atoms with van der Waals surface area (Å²) < 4.78 is 12.3. The Hall–Kier alpha value is -2.42. The first-order valence-corrected chi connectivity index (χ1v) is 9.44. The molecule has 2 heteroatoms. The molecule has 0 spiro atoms. The lowest BCUT2D eigenvalue weighted by Crippen LogP contribution is -2.13. The molecule has 0 saturated carbocycles. The van der Waals surface area contributed by atoms with E-state index in [4.69, 9.17) is 9.47 Å². The molecule has 2 nitrogen and oxygen atoms in total. The Morgan fingerprint density at radius 3 is 1.48 bits per heavy atom. The summed E-state index contributed by atoms with van der Waals surface area (Å²) in [5.74, 6) is 0. The number of hydrogen-bond acceptors (Lipinski definition) is 2. The van der Waals surface area contributed by atoms with Crippen LogP contribution in [0, 0.1) is 0 Å². The number of benzene rings is 3. The van der Waals surface area contributed by atoms with Gasteiger partial charge in [-0.1, -0.05) is 106 Å². The van der Waals surface area contributed by atoms with Crippen LogP contribution in [0.3, 0.4) is 0 Å². The molecule has 0 aliphatic rings. The van der Waals surface area contributed by atoms with Crippen molar-refractivity contribution in [1.29, 1.82) is 0 Å². The lowest BCUT2D eigenvalue weighted by molar-refractivity contribution is -0.161. The van der Waals surface area contributed by atoms with Crippen LogP contribution in [-0.4, -0.2) is 0 Å². The van der Waals surface area contributed by atoms with Gasteiger partial charge in [-0.2, -0.15) is 0 Å². The minimum atomic E-state index is -0.403. The third-order valence-corrected chi connectivity index (χ3v) is 4.54. The highest BCUT2D eigenvalue weighted by Crippen LogP contribution is 2.27. The molecule has 0 amide bonds. The van der Waals surface area contributed by atoms with E-state index in [0.717, 1.165) is 16.7 Å². The van der Waals surface area contributed by atoms with Crippen LogP contribution >= 0.6 is 0 Å². The van der Waals surface area contributed by atoms with E-state index in [1.165, 1.54) is 5.56 Å². The van der Waals surface area contributed by atoms with Crippen LogP contribution in [0.25, 0.3) is 0 Å². The zero-order valence-corrected chi connectivity index (χ0v) is 16.4. The summed E-state index contributed by atoms with van der Waals surface area (Å²) in [5, 5.41) is 0. The molecule has 0 bridgehead atoms. The summed E-state index contributed by atoms with van der Waals surface area (Å²) in [6.45, 7) is 7.69. The molecule has 3 aromatic rings. The first-order valence-electron chi connectivity index (χ1n) is 9.44. The van der Waals surface area contributed by atoms with E-state index in [0.29, 0.717) is 13.2 Å². The molecule has 140 valence electrons. The van der Waals surface area contributed by atoms with E-state index in [1.54, 1.807) is 0 Å². The lowest BCUT2D eigenvalue weighted by Gasteiger charge is -2.22. The fourth-order valence-electron chi connectivity index (χ4n) is 2.87. The summed E-state index contributed by atoms with van der Waals surface area (Å²) in [6, 6.07) is 28.9. The van der Waals surface area contributed by atoms with Gasteiger partial charge in [0.1, 0.15) is 0 Å². The maximum atomic E-state index is 6.14. The van der Waals surface area contributed by atoms with Crippen LogP contribution < -0.4 is 0 Å². The molecule has 3 rings (SSSR count). The molecule has 0 radical (unpaired) electrons. The molecule has 0 fully saturated rings. The largest absolute Gasteiger partial charge is 0.344 e. The molecule has 0 aromatic heterocycles. The van der Waals surface area contributed by atoms with Gasteiger partial charge in [-0.25, -0.2) is 0 Å². The van der Waals surface area contributed by atoms with Crippen molar-refractivity contribution in [1.82, 2.24) is 0 Å². The molecular weight excluding hydrogens is 332 g/mol. The van der Waals surface area contributed by atoms with Gasteiger partial charge in [0.25, 0.3) is 0 Å². The molecule has 0 aliphatic heterocycles. The maximum absolute atomic E-state index is 6.14. The predicted octanol–water partition coefficient (Wildman–Crippen LogP) is 6.42. The Morgan fingerprint density at radius 1 is 0.630 bits per heavy atom. The quantitative estimate of drug-likeness (QED) is 0.453. The normalized spacial score (nSPS) is 11.7. The second-order valence-corrected chi connectivity index (χ2v) is 7.80. The van der Waals surface area contributed by atoms with Crippen molar-refractivity contribution in [3.05, 3.63) is 107 Å². The van der Waals surface area contributed by atoms with E-state index in [-0.39, 0.29) is 5.41 Å². The van der Waals surface area contributed by atoms with E-state index < -0.39 is 6.29 Å². The maximum Gasteiger partial charge on any atom is 0.184 e. The Balaban J connectivity index is 1.73. The molecule has 27 heavy (non-hydrogen) atoms. The third-order valence-electron chi connectivity index (χ3n) is 4.54. The first-order chi connectivity index (χ1) is 13.0. The Bertz CT molecular complexity index is 759. The summed E-state index contributed by atoms with van der Waals surface area (Å²) in [6.07, 6.45) is -0.403. The third kappa shape index (κ3) is 5.78. The van der Waals surface area contributed by atoms with Gasteiger partial charge in [0.15, 0.2) is 6.29 Å². The van der Waals surface area contributed by atoms with Crippen LogP contribution in [-0.2, 0) is 28.1 Å². The van der Waals surface area contributed by atoms with Crippen molar-refractivity contribution < 1.29 is 9.47 Å². The van der Waals surface area contributed by atoms with Crippen molar-refractivity contribution in [2.75, 3.05) is 0 Å². The van der Waals surface area contributed by atoms with E-state index in [1.807, 2.05) is 36.4 Å². The van der Waals surface area contributed by atoms with Gasteiger partial charge in [-0.05, 0) is 22.1 Å². The topological polar surface area (TPSA) is 18.5 Å². The molecule has 0 saturated heterocycles. The number of ether oxygens (including phenoxy) is 2. The monoisotopic (exact) mass is 360 g/mol. The van der Waals surface area contributed by atoms with Gasteiger partial charge in [-0.3, -0.25) is 0 Å². The molecule has 0 heterocycles. The smallest absolute Gasteiger partial charge is 0.184 e. The van der Waals surface area contributed by atoms with Crippen LogP contribution in [0.5, 0.6) is 0 Å². The summed E-state index contributed by atoms with van der Waals surface area (Å²) in [5.41, 5.74) is 4.74. The van der Waals surface area contributed by atoms with Gasteiger partial charge in [0.05, 0.1) is 13.2 Å². The number of rotatable bonds is 7. The van der Waals surface area contributed by atoms with Gasteiger partial charge < -0.3 is 9.47 Å². The van der Waals surface area contributed by atoms with Crippen molar-refractivity contribution in [3.63, 3.8) is 0 Å². The lowest BCUT2D eigenvalue weighted by atomic mass is 9.87. The Labute approximate surface area is 162 Å². The number of hydrogen-bond donors (Lipinski definition) is 0. The van der Waals surface area contributed by atoms with Gasteiger partial charge in [0.2, 0.25) is 0 Å². The average Bonchev–Trinajstić information content (AvgIpc) is 2.69. The minimum Gasteiger partial charge on any atom is -0.344 e. The van der Waals surface area contributed by atoms with Gasteiger partial charge in [0, 0.05) is 5.56 Å². The summed E-state index contributed by atoms with van der Waals surface area (Å²) in [7, 11) is 0. The van der Waals surface area contributed by atoms with Crippen LogP contribution in [0.2, 0.25) is 0 Å². The zero-order chi connectivity index (χ0) is 19.1. The van der Waals surface area contributed by atoms with Crippen molar-refractivity contribution >= 4 is 0 Å². The molecular formula is C25H28O2. The first kappa shape index (κ1) is 19.3. The Morgan fingerprint density at radius 2 is 1.07 bits per heavy atom. The van der Waals surface area contributed by atoms with Crippen molar-refractivity contribution in [2.24, 2.45) is 0 Å². The predicted molar refractivity (Wildman–Crippen MR) is 110 cm³/mol. The van der Waals surface area contributed by atoms with Crippen molar-refractivity contribution in [3.8, 4) is 0 Å². The summed E-state index contributed by atoms with van der Waals surface area (Å²) in [4.78, 5) is 0. The van der Waals surface area contributed by atoms with E-state index >= 15 is 0 Å². The molecule has 0 atom stereocenters. The van der Waals surface area contributed by atoms with Crippen molar-refractivity contribution in [2.45, 2.75) is 45.7 Å².